The highest BCUT2D eigenvalue weighted by Crippen LogP contribution is 2.33. The van der Waals surface area contributed by atoms with Crippen LogP contribution in [0.2, 0.25) is 0 Å². The summed E-state index contributed by atoms with van der Waals surface area (Å²) in [6.45, 7) is 4.24. The van der Waals surface area contributed by atoms with Crippen LogP contribution in [0.15, 0.2) is 42.5 Å². The minimum absolute atomic E-state index is 0.0960. The fourth-order valence-electron chi connectivity index (χ4n) is 3.31. The smallest absolute Gasteiger partial charge is 0.253 e. The van der Waals surface area contributed by atoms with Crippen LogP contribution in [0, 0.1) is 0 Å². The summed E-state index contributed by atoms with van der Waals surface area (Å²) in [7, 11) is 4.92. The van der Waals surface area contributed by atoms with Crippen molar-refractivity contribution < 1.29 is 19.0 Å². The summed E-state index contributed by atoms with van der Waals surface area (Å²) in [5.41, 5.74) is 1.63. The van der Waals surface area contributed by atoms with Gasteiger partial charge in [0.15, 0.2) is 0 Å². The molecule has 0 bridgehead atoms. The molecule has 27 heavy (non-hydrogen) atoms. The number of para-hydroxylation sites is 2. The van der Waals surface area contributed by atoms with Gasteiger partial charge in [-0.3, -0.25) is 4.79 Å². The van der Waals surface area contributed by atoms with Crippen LogP contribution in [0.25, 0.3) is 0 Å². The Labute approximate surface area is 160 Å². The van der Waals surface area contributed by atoms with E-state index in [0.29, 0.717) is 23.6 Å². The molecule has 0 saturated carbocycles. The molecular formula is C21H26N2O4. The zero-order chi connectivity index (χ0) is 19.4. The first kappa shape index (κ1) is 18.9. The van der Waals surface area contributed by atoms with Crippen LogP contribution in [-0.2, 0) is 0 Å². The third-order valence-electron chi connectivity index (χ3n) is 4.73. The molecule has 0 radical (unpaired) electrons. The summed E-state index contributed by atoms with van der Waals surface area (Å²) in [5, 5.41) is 0. The van der Waals surface area contributed by atoms with Crippen molar-refractivity contribution in [1.82, 2.24) is 4.90 Å². The van der Waals surface area contributed by atoms with Gasteiger partial charge >= 0.3 is 0 Å². The first-order valence-corrected chi connectivity index (χ1v) is 9.04. The van der Waals surface area contributed by atoms with E-state index in [9.17, 15) is 4.79 Å². The van der Waals surface area contributed by atoms with Gasteiger partial charge in [-0.2, -0.15) is 0 Å². The molecule has 6 nitrogen and oxygen atoms in total. The molecular weight excluding hydrogens is 344 g/mol. The summed E-state index contributed by atoms with van der Waals surface area (Å²) >= 11 is 0. The van der Waals surface area contributed by atoms with E-state index >= 15 is 0 Å². The average molecular weight is 370 g/mol. The molecule has 0 saturated heterocycles. The SMILES string of the molecule is CCN1CC(CN(C)C(=O)c2cc(OC)cc(OC)c2)Oc2ccccc21. The molecule has 1 aliphatic heterocycles. The fraction of sp³-hybridized carbons (Fsp3) is 0.381. The van der Waals surface area contributed by atoms with Crippen LogP contribution in [-0.4, -0.2) is 57.8 Å². The lowest BCUT2D eigenvalue weighted by atomic mass is 10.1. The summed E-state index contributed by atoms with van der Waals surface area (Å²) < 4.78 is 16.7. The number of likely N-dealkylation sites (N-methyl/N-ethyl adjacent to an activating group) is 2. The maximum absolute atomic E-state index is 12.9. The van der Waals surface area contributed by atoms with Crippen molar-refractivity contribution in [3.8, 4) is 17.2 Å². The lowest BCUT2D eigenvalue weighted by Crippen LogP contribution is -2.46. The predicted octanol–water partition coefficient (Wildman–Crippen LogP) is 3.06. The minimum atomic E-state index is -0.0993. The molecule has 0 N–H and O–H groups in total. The molecule has 0 aliphatic carbocycles. The molecule has 1 amide bonds. The highest BCUT2D eigenvalue weighted by molar-refractivity contribution is 5.95. The third kappa shape index (κ3) is 4.10. The van der Waals surface area contributed by atoms with E-state index < -0.39 is 0 Å². The van der Waals surface area contributed by atoms with Crippen molar-refractivity contribution in [1.29, 1.82) is 0 Å². The lowest BCUT2D eigenvalue weighted by Gasteiger charge is -2.37. The number of benzene rings is 2. The van der Waals surface area contributed by atoms with E-state index in [-0.39, 0.29) is 12.0 Å². The zero-order valence-electron chi connectivity index (χ0n) is 16.3. The van der Waals surface area contributed by atoms with Gasteiger partial charge < -0.3 is 24.0 Å². The van der Waals surface area contributed by atoms with Gasteiger partial charge in [0.05, 0.1) is 33.0 Å². The Kier molecular flexibility index (Phi) is 5.74. The van der Waals surface area contributed by atoms with Crippen LogP contribution >= 0.6 is 0 Å². The molecule has 144 valence electrons. The molecule has 2 aromatic carbocycles. The summed E-state index contributed by atoms with van der Waals surface area (Å²) in [6, 6.07) is 13.2. The van der Waals surface area contributed by atoms with Gasteiger partial charge in [0.2, 0.25) is 0 Å². The standard InChI is InChI=1S/C21H26N2O4/c1-5-23-14-18(27-20-9-7-6-8-19(20)23)13-22(2)21(24)15-10-16(25-3)12-17(11-15)26-4/h6-12,18H,5,13-14H2,1-4H3. The summed E-state index contributed by atoms with van der Waals surface area (Å²) in [5.74, 6) is 1.94. The van der Waals surface area contributed by atoms with Crippen molar-refractivity contribution in [3.63, 3.8) is 0 Å². The van der Waals surface area contributed by atoms with Crippen molar-refractivity contribution in [2.24, 2.45) is 0 Å². The van der Waals surface area contributed by atoms with E-state index in [4.69, 9.17) is 14.2 Å². The van der Waals surface area contributed by atoms with Crippen molar-refractivity contribution >= 4 is 11.6 Å². The van der Waals surface area contributed by atoms with Gasteiger partial charge in [-0.05, 0) is 31.2 Å². The molecule has 6 heteroatoms. The van der Waals surface area contributed by atoms with Crippen LogP contribution in [0.5, 0.6) is 17.2 Å². The number of fused-ring (bicyclic) bond motifs is 1. The number of carbonyl (C=O) groups excluding carboxylic acids is 1. The maximum atomic E-state index is 12.9. The quantitative estimate of drug-likeness (QED) is 0.782. The normalized spacial score (nSPS) is 15.6. The van der Waals surface area contributed by atoms with E-state index in [1.807, 2.05) is 18.2 Å². The predicted molar refractivity (Wildman–Crippen MR) is 105 cm³/mol. The highest BCUT2D eigenvalue weighted by atomic mass is 16.5. The van der Waals surface area contributed by atoms with Gasteiger partial charge in [0, 0.05) is 25.2 Å². The number of amides is 1. The van der Waals surface area contributed by atoms with Gasteiger partial charge in [0.25, 0.3) is 5.91 Å². The van der Waals surface area contributed by atoms with Crippen molar-refractivity contribution in [2.75, 3.05) is 45.8 Å². The second-order valence-corrected chi connectivity index (χ2v) is 6.53. The number of anilines is 1. The molecule has 1 atom stereocenters. The van der Waals surface area contributed by atoms with E-state index in [0.717, 1.165) is 24.5 Å². The van der Waals surface area contributed by atoms with Crippen LogP contribution in [0.1, 0.15) is 17.3 Å². The Morgan fingerprint density at radius 1 is 1.19 bits per heavy atom. The number of ether oxygens (including phenoxy) is 3. The fourth-order valence-corrected chi connectivity index (χ4v) is 3.31. The maximum Gasteiger partial charge on any atom is 0.253 e. The van der Waals surface area contributed by atoms with Gasteiger partial charge in [-0.25, -0.2) is 0 Å². The van der Waals surface area contributed by atoms with Crippen LogP contribution < -0.4 is 19.1 Å². The minimum Gasteiger partial charge on any atom is -0.497 e. The Morgan fingerprint density at radius 2 is 1.85 bits per heavy atom. The Balaban J connectivity index is 1.74. The molecule has 0 spiro atoms. The second kappa shape index (κ2) is 8.20. The number of nitrogens with zero attached hydrogens (tertiary/aromatic N) is 2. The number of rotatable bonds is 6. The molecule has 0 fully saturated rings. The number of hydrogen-bond acceptors (Lipinski definition) is 5. The van der Waals surface area contributed by atoms with Gasteiger partial charge in [-0.15, -0.1) is 0 Å². The van der Waals surface area contributed by atoms with E-state index in [1.54, 1.807) is 44.4 Å². The van der Waals surface area contributed by atoms with E-state index in [2.05, 4.69) is 17.9 Å². The van der Waals surface area contributed by atoms with Gasteiger partial charge in [-0.1, -0.05) is 12.1 Å². The molecule has 1 aliphatic rings. The Bertz CT molecular complexity index is 786. The first-order valence-electron chi connectivity index (χ1n) is 9.04. The van der Waals surface area contributed by atoms with Crippen LogP contribution in [0.4, 0.5) is 5.69 Å². The first-order chi connectivity index (χ1) is 13.0. The zero-order valence-corrected chi connectivity index (χ0v) is 16.3. The summed E-state index contributed by atoms with van der Waals surface area (Å²) in [6.07, 6.45) is -0.0960. The number of methoxy groups -OCH3 is 2. The van der Waals surface area contributed by atoms with Gasteiger partial charge in [0.1, 0.15) is 23.4 Å². The molecule has 2 aromatic rings. The summed E-state index contributed by atoms with van der Waals surface area (Å²) in [4.78, 5) is 16.9. The monoisotopic (exact) mass is 370 g/mol. The Morgan fingerprint density at radius 3 is 2.48 bits per heavy atom. The van der Waals surface area contributed by atoms with Crippen molar-refractivity contribution in [2.45, 2.75) is 13.0 Å². The second-order valence-electron chi connectivity index (χ2n) is 6.53. The molecule has 1 heterocycles. The third-order valence-corrected chi connectivity index (χ3v) is 4.73. The topological polar surface area (TPSA) is 51.2 Å². The van der Waals surface area contributed by atoms with Crippen LogP contribution in [0.3, 0.4) is 0 Å². The number of hydrogen-bond donors (Lipinski definition) is 0. The van der Waals surface area contributed by atoms with Crippen molar-refractivity contribution in [3.05, 3.63) is 48.0 Å². The lowest BCUT2D eigenvalue weighted by molar-refractivity contribution is 0.0709. The average Bonchev–Trinajstić information content (AvgIpc) is 2.71. The molecule has 1 unspecified atom stereocenters. The largest absolute Gasteiger partial charge is 0.497 e. The highest BCUT2D eigenvalue weighted by Gasteiger charge is 2.27. The Hall–Kier alpha value is -2.89. The number of carbonyl (C=O) groups is 1. The molecule has 3 rings (SSSR count). The molecule has 0 aromatic heterocycles. The van der Waals surface area contributed by atoms with E-state index in [1.165, 1.54) is 0 Å².